The fraction of sp³-hybridized carbons (Fsp3) is 0.833. The van der Waals surface area contributed by atoms with Crippen molar-refractivity contribution in [2.24, 2.45) is 0 Å². The van der Waals surface area contributed by atoms with Crippen LogP contribution in [-0.4, -0.2) is 51.0 Å². The van der Waals surface area contributed by atoms with Crippen LogP contribution < -0.4 is 26.0 Å². The van der Waals surface area contributed by atoms with E-state index in [0.717, 1.165) is 38.4 Å². The van der Waals surface area contributed by atoms with E-state index in [1.165, 1.54) is 24.8 Å². The molecule has 0 radical (unpaired) electrons. The van der Waals surface area contributed by atoms with Gasteiger partial charge in [0.1, 0.15) is 0 Å². The zero-order valence-corrected chi connectivity index (χ0v) is 13.0. The first-order chi connectivity index (χ1) is 9.81. The summed E-state index contributed by atoms with van der Waals surface area (Å²) in [5.74, 6) is 0.803. The van der Waals surface area contributed by atoms with Crippen molar-refractivity contribution in [2.45, 2.75) is 26.2 Å². The van der Waals surface area contributed by atoms with Crippen molar-refractivity contribution in [3.05, 3.63) is 0 Å². The summed E-state index contributed by atoms with van der Waals surface area (Å²) < 4.78 is 2.63. The summed E-state index contributed by atoms with van der Waals surface area (Å²) in [7, 11) is 0. The molecular formula is C12H27N5O2S. The maximum Gasteiger partial charge on any atom is 0.326 e. The third kappa shape index (κ3) is 15.1. The van der Waals surface area contributed by atoms with E-state index in [4.69, 9.17) is 0 Å². The summed E-state index contributed by atoms with van der Waals surface area (Å²) in [6.07, 6.45) is 4.11. The van der Waals surface area contributed by atoms with Gasteiger partial charge in [-0.1, -0.05) is 13.3 Å². The number of hydrogen-bond donors (Lipinski definition) is 5. The highest BCUT2D eigenvalue weighted by Crippen LogP contribution is 1.90. The molecule has 0 unspecified atom stereocenters. The molecule has 3 amide bonds. The SMILES string of the molecule is CCCCNCCCNCCSNC(=O)NCNC=O. The lowest BCUT2D eigenvalue weighted by atomic mass is 10.3. The van der Waals surface area contributed by atoms with Gasteiger partial charge in [-0.25, -0.2) is 4.79 Å². The van der Waals surface area contributed by atoms with Crippen molar-refractivity contribution in [1.82, 2.24) is 26.0 Å². The van der Waals surface area contributed by atoms with E-state index in [2.05, 4.69) is 32.9 Å². The molecule has 20 heavy (non-hydrogen) atoms. The van der Waals surface area contributed by atoms with Gasteiger partial charge >= 0.3 is 6.03 Å². The van der Waals surface area contributed by atoms with Crippen molar-refractivity contribution < 1.29 is 9.59 Å². The minimum atomic E-state index is -0.301. The molecule has 5 N–H and O–H groups in total. The molecule has 0 saturated heterocycles. The van der Waals surface area contributed by atoms with E-state index in [1.54, 1.807) is 0 Å². The lowest BCUT2D eigenvalue weighted by Crippen LogP contribution is -2.38. The Labute approximate surface area is 125 Å². The van der Waals surface area contributed by atoms with Crippen molar-refractivity contribution >= 4 is 24.4 Å². The number of amides is 3. The highest BCUT2D eigenvalue weighted by atomic mass is 32.2. The molecule has 0 saturated carbocycles. The lowest BCUT2D eigenvalue weighted by Gasteiger charge is -2.07. The summed E-state index contributed by atoms with van der Waals surface area (Å²) >= 11 is 1.34. The number of carbonyl (C=O) groups excluding carboxylic acids is 2. The maximum atomic E-state index is 11.2. The lowest BCUT2D eigenvalue weighted by molar-refractivity contribution is -0.109. The molecule has 0 aromatic rings. The topological polar surface area (TPSA) is 94.3 Å². The Morgan fingerprint density at radius 3 is 2.50 bits per heavy atom. The second-order valence-corrected chi connectivity index (χ2v) is 5.06. The molecule has 0 aromatic heterocycles. The summed E-state index contributed by atoms with van der Waals surface area (Å²) in [6, 6.07) is -0.301. The fourth-order valence-corrected chi connectivity index (χ4v) is 1.89. The molecule has 0 bridgehead atoms. The van der Waals surface area contributed by atoms with E-state index < -0.39 is 0 Å². The number of unbranched alkanes of at least 4 members (excludes halogenated alkanes) is 1. The Morgan fingerprint density at radius 1 is 1.10 bits per heavy atom. The van der Waals surface area contributed by atoms with Crippen molar-refractivity contribution in [3.63, 3.8) is 0 Å². The first-order valence-corrected chi connectivity index (χ1v) is 8.04. The summed E-state index contributed by atoms with van der Waals surface area (Å²) in [4.78, 5) is 21.1. The van der Waals surface area contributed by atoms with E-state index in [9.17, 15) is 9.59 Å². The van der Waals surface area contributed by atoms with Gasteiger partial charge in [0.05, 0.1) is 6.67 Å². The van der Waals surface area contributed by atoms with E-state index >= 15 is 0 Å². The Bertz CT molecular complexity index is 244. The van der Waals surface area contributed by atoms with Gasteiger partial charge in [-0.2, -0.15) is 0 Å². The van der Waals surface area contributed by atoms with Crippen LogP contribution in [0, 0.1) is 0 Å². The molecule has 0 heterocycles. The Morgan fingerprint density at radius 2 is 1.80 bits per heavy atom. The first-order valence-electron chi connectivity index (χ1n) is 7.05. The average molecular weight is 305 g/mol. The maximum absolute atomic E-state index is 11.2. The molecule has 0 aromatic carbocycles. The standard InChI is InChI=1S/C12H27N5O2S/c1-2-3-5-13-6-4-7-14-8-9-20-17-12(19)16-10-15-11-18/h11,13-14H,2-10H2,1H3,(H,15,18)(H2,16,17,19). The quantitative estimate of drug-likeness (QED) is 0.135. The fourth-order valence-electron chi connectivity index (χ4n) is 1.34. The number of nitrogens with one attached hydrogen (secondary N) is 5. The van der Waals surface area contributed by atoms with Crippen LogP contribution >= 0.6 is 11.9 Å². The van der Waals surface area contributed by atoms with Crippen LogP contribution in [0.1, 0.15) is 26.2 Å². The molecule has 0 spiro atoms. The molecule has 118 valence electrons. The third-order valence-electron chi connectivity index (χ3n) is 2.39. The number of carbonyl (C=O) groups is 2. The number of rotatable bonds is 14. The average Bonchev–Trinajstić information content (AvgIpc) is 2.45. The minimum absolute atomic E-state index is 0.138. The number of hydrogen-bond acceptors (Lipinski definition) is 5. The van der Waals surface area contributed by atoms with E-state index in [0.29, 0.717) is 6.41 Å². The summed E-state index contributed by atoms with van der Waals surface area (Å²) in [6.45, 7) is 6.31. The van der Waals surface area contributed by atoms with Crippen LogP contribution in [-0.2, 0) is 4.79 Å². The number of urea groups is 1. The van der Waals surface area contributed by atoms with Gasteiger partial charge in [-0.15, -0.1) is 0 Å². The Kier molecular flexibility index (Phi) is 15.3. The predicted octanol–water partition coefficient (Wildman–Crippen LogP) is 0.00670. The predicted molar refractivity (Wildman–Crippen MR) is 83.5 cm³/mol. The molecule has 0 fully saturated rings. The second kappa shape index (κ2) is 16.1. The summed E-state index contributed by atoms with van der Waals surface area (Å²) in [5, 5.41) is 11.5. The van der Waals surface area contributed by atoms with Gasteiger partial charge in [-0.3, -0.25) is 9.52 Å². The van der Waals surface area contributed by atoms with Gasteiger partial charge in [-0.05, 0) is 44.4 Å². The molecule has 0 aliphatic carbocycles. The molecule has 0 aliphatic rings. The van der Waals surface area contributed by atoms with Crippen molar-refractivity contribution in [2.75, 3.05) is 38.6 Å². The Hall–Kier alpha value is -0.990. The minimum Gasteiger partial charge on any atom is -0.341 e. The van der Waals surface area contributed by atoms with Crippen LogP contribution in [0.2, 0.25) is 0 Å². The van der Waals surface area contributed by atoms with Gasteiger partial charge < -0.3 is 21.3 Å². The normalized spacial score (nSPS) is 10.1. The zero-order valence-electron chi connectivity index (χ0n) is 12.2. The molecule has 7 nitrogen and oxygen atoms in total. The van der Waals surface area contributed by atoms with Gasteiger partial charge in [0.25, 0.3) is 0 Å². The van der Waals surface area contributed by atoms with Gasteiger partial charge in [0.2, 0.25) is 6.41 Å². The van der Waals surface area contributed by atoms with Crippen LogP contribution in [0.25, 0.3) is 0 Å². The molecule has 0 rings (SSSR count). The third-order valence-corrected chi connectivity index (χ3v) is 3.13. The smallest absolute Gasteiger partial charge is 0.326 e. The van der Waals surface area contributed by atoms with Crippen LogP contribution in [0.4, 0.5) is 4.79 Å². The highest BCUT2D eigenvalue weighted by molar-refractivity contribution is 7.97. The van der Waals surface area contributed by atoms with Crippen LogP contribution in [0.5, 0.6) is 0 Å². The largest absolute Gasteiger partial charge is 0.341 e. The molecule has 0 atom stereocenters. The second-order valence-electron chi connectivity index (χ2n) is 4.16. The monoisotopic (exact) mass is 305 g/mol. The summed E-state index contributed by atoms with van der Waals surface area (Å²) in [5.41, 5.74) is 0. The Balaban J connectivity index is 3.08. The molecular weight excluding hydrogens is 278 g/mol. The zero-order chi connectivity index (χ0) is 14.9. The first kappa shape index (κ1) is 19.0. The van der Waals surface area contributed by atoms with Crippen LogP contribution in [0.15, 0.2) is 0 Å². The van der Waals surface area contributed by atoms with E-state index in [-0.39, 0.29) is 12.7 Å². The van der Waals surface area contributed by atoms with Gasteiger partial charge in [0, 0.05) is 12.3 Å². The molecule has 0 aliphatic heterocycles. The molecule has 8 heteroatoms. The van der Waals surface area contributed by atoms with Gasteiger partial charge in [0.15, 0.2) is 0 Å². The van der Waals surface area contributed by atoms with Crippen molar-refractivity contribution in [1.29, 1.82) is 0 Å². The van der Waals surface area contributed by atoms with E-state index in [1.807, 2.05) is 0 Å². The van der Waals surface area contributed by atoms with Crippen molar-refractivity contribution in [3.8, 4) is 0 Å². The highest BCUT2D eigenvalue weighted by Gasteiger charge is 1.97. The van der Waals surface area contributed by atoms with Crippen LogP contribution in [0.3, 0.4) is 0 Å².